The fourth-order valence-corrected chi connectivity index (χ4v) is 4.32. The molecule has 1 atom stereocenters. The van der Waals surface area contributed by atoms with Crippen LogP contribution in [0.3, 0.4) is 0 Å². The Hall–Kier alpha value is -3.68. The van der Waals surface area contributed by atoms with Crippen LogP contribution in [0.4, 0.5) is 5.82 Å². The smallest absolute Gasteiger partial charge is 0.245 e. The number of methoxy groups -OCH3 is 1. The van der Waals surface area contributed by atoms with Gasteiger partial charge in [0.05, 0.1) is 12.6 Å². The summed E-state index contributed by atoms with van der Waals surface area (Å²) < 4.78 is 5.18. The maximum absolute atomic E-state index is 13.2. The van der Waals surface area contributed by atoms with Crippen LogP contribution in [0.5, 0.6) is 5.75 Å². The molecule has 1 aliphatic rings. The number of nitrogens with two attached hydrogens (primary N) is 1. The number of piperazine rings is 1. The number of anilines is 1. The Morgan fingerprint density at radius 2 is 1.88 bits per heavy atom. The predicted octanol–water partition coefficient (Wildman–Crippen LogP) is 2.80. The molecule has 1 saturated heterocycles. The lowest BCUT2D eigenvalue weighted by molar-refractivity contribution is -0.152. The average molecular weight is 448 g/mol. The number of fused-ring (bicyclic) bond motifs is 1. The highest BCUT2D eigenvalue weighted by Gasteiger charge is 2.35. The van der Waals surface area contributed by atoms with Crippen molar-refractivity contribution in [2.24, 2.45) is 0 Å². The molecule has 2 N–H and O–H groups in total. The van der Waals surface area contributed by atoms with E-state index in [9.17, 15) is 9.59 Å². The minimum atomic E-state index is -0.430. The van der Waals surface area contributed by atoms with Gasteiger partial charge in [0.2, 0.25) is 11.8 Å². The molecule has 8 nitrogen and oxygen atoms in total. The van der Waals surface area contributed by atoms with Gasteiger partial charge in [-0.3, -0.25) is 9.59 Å². The molecule has 2 aromatic carbocycles. The van der Waals surface area contributed by atoms with E-state index in [0.29, 0.717) is 44.7 Å². The fourth-order valence-electron chi connectivity index (χ4n) is 4.32. The lowest BCUT2D eigenvalue weighted by Crippen LogP contribution is -2.58. The lowest BCUT2D eigenvalue weighted by atomic mass is 10.0. The van der Waals surface area contributed by atoms with E-state index in [1.807, 2.05) is 54.3 Å². The number of carbonyl (C=O) groups excluding carboxylic acids is 2. The second kappa shape index (κ2) is 9.85. The zero-order valence-corrected chi connectivity index (χ0v) is 19.0. The summed E-state index contributed by atoms with van der Waals surface area (Å²) in [5.74, 6) is 1.24. The Balaban J connectivity index is 1.39. The minimum Gasteiger partial charge on any atom is -0.497 e. The lowest BCUT2D eigenvalue weighted by Gasteiger charge is -2.40. The highest BCUT2D eigenvalue weighted by molar-refractivity contribution is 5.90. The van der Waals surface area contributed by atoms with Crippen LogP contribution in [0, 0.1) is 0 Å². The van der Waals surface area contributed by atoms with Gasteiger partial charge in [-0.15, -0.1) is 0 Å². The molecule has 8 heteroatoms. The molecule has 2 heterocycles. The van der Waals surface area contributed by atoms with E-state index in [0.717, 1.165) is 27.8 Å². The van der Waals surface area contributed by atoms with Crippen molar-refractivity contribution < 1.29 is 14.3 Å². The largest absolute Gasteiger partial charge is 0.497 e. The highest BCUT2D eigenvalue weighted by Crippen LogP contribution is 2.22. The van der Waals surface area contributed by atoms with Crippen molar-refractivity contribution in [2.75, 3.05) is 25.9 Å². The second-order valence-electron chi connectivity index (χ2n) is 8.23. The number of hydrogen-bond donors (Lipinski definition) is 1. The van der Waals surface area contributed by atoms with Crippen molar-refractivity contribution in [1.29, 1.82) is 0 Å². The van der Waals surface area contributed by atoms with E-state index in [2.05, 4.69) is 9.97 Å². The van der Waals surface area contributed by atoms with Gasteiger partial charge >= 0.3 is 0 Å². The predicted molar refractivity (Wildman–Crippen MR) is 126 cm³/mol. The normalized spacial score (nSPS) is 16.3. The molecular weight excluding hydrogens is 418 g/mol. The van der Waals surface area contributed by atoms with E-state index in [-0.39, 0.29) is 11.8 Å². The third-order valence-electron chi connectivity index (χ3n) is 6.18. The minimum absolute atomic E-state index is 0.0103. The number of amides is 2. The number of ether oxygens (including phenoxy) is 1. The first kappa shape index (κ1) is 22.5. The van der Waals surface area contributed by atoms with E-state index in [1.165, 1.54) is 6.33 Å². The van der Waals surface area contributed by atoms with Crippen molar-refractivity contribution >= 4 is 28.5 Å². The van der Waals surface area contributed by atoms with Crippen molar-refractivity contribution in [2.45, 2.75) is 38.8 Å². The fraction of sp³-hybridized carbons (Fsp3) is 0.360. The summed E-state index contributed by atoms with van der Waals surface area (Å²) >= 11 is 0. The Labute approximate surface area is 193 Å². The number of nitrogen functional groups attached to an aromatic ring is 1. The zero-order valence-electron chi connectivity index (χ0n) is 19.0. The van der Waals surface area contributed by atoms with Crippen LogP contribution in [0.15, 0.2) is 48.8 Å². The Morgan fingerprint density at radius 3 is 2.61 bits per heavy atom. The van der Waals surface area contributed by atoms with E-state index >= 15 is 0 Å². The molecule has 0 radical (unpaired) electrons. The van der Waals surface area contributed by atoms with Crippen molar-refractivity contribution in [3.63, 3.8) is 0 Å². The number of aromatic nitrogens is 2. The van der Waals surface area contributed by atoms with Crippen LogP contribution in [-0.4, -0.2) is 57.8 Å². The van der Waals surface area contributed by atoms with E-state index in [1.54, 1.807) is 12.0 Å². The molecule has 0 aliphatic carbocycles. The van der Waals surface area contributed by atoms with Gasteiger partial charge in [-0.2, -0.15) is 0 Å². The van der Waals surface area contributed by atoms with Crippen LogP contribution in [0.2, 0.25) is 0 Å². The van der Waals surface area contributed by atoms with Crippen LogP contribution in [0.1, 0.15) is 30.9 Å². The Kier molecular flexibility index (Phi) is 6.72. The number of nitrogens with zero attached hydrogens (tertiary/aromatic N) is 4. The molecule has 2 amide bonds. The van der Waals surface area contributed by atoms with Crippen LogP contribution in [0.25, 0.3) is 10.9 Å². The topological polar surface area (TPSA) is 102 Å². The van der Waals surface area contributed by atoms with Crippen LogP contribution >= 0.6 is 0 Å². The Bertz CT molecular complexity index is 1150. The maximum Gasteiger partial charge on any atom is 0.245 e. The summed E-state index contributed by atoms with van der Waals surface area (Å²) in [5.41, 5.74) is 8.71. The summed E-state index contributed by atoms with van der Waals surface area (Å²) in [6.07, 6.45) is 3.04. The second-order valence-corrected chi connectivity index (χ2v) is 8.23. The number of benzene rings is 2. The average Bonchev–Trinajstić information content (AvgIpc) is 2.84. The van der Waals surface area contributed by atoms with Gasteiger partial charge in [-0.25, -0.2) is 9.97 Å². The molecule has 1 unspecified atom stereocenters. The van der Waals surface area contributed by atoms with Gasteiger partial charge in [0.25, 0.3) is 0 Å². The first-order chi connectivity index (χ1) is 16.0. The van der Waals surface area contributed by atoms with Gasteiger partial charge in [-0.05, 0) is 48.2 Å². The molecule has 1 fully saturated rings. The van der Waals surface area contributed by atoms with Crippen LogP contribution < -0.4 is 10.5 Å². The van der Waals surface area contributed by atoms with Gasteiger partial charge in [0.15, 0.2) is 0 Å². The summed E-state index contributed by atoms with van der Waals surface area (Å²) in [7, 11) is 1.63. The maximum atomic E-state index is 13.2. The van der Waals surface area contributed by atoms with E-state index in [4.69, 9.17) is 10.5 Å². The van der Waals surface area contributed by atoms with Gasteiger partial charge in [0.1, 0.15) is 23.9 Å². The summed E-state index contributed by atoms with van der Waals surface area (Å²) in [6.45, 7) is 3.47. The number of carbonyl (C=O) groups is 2. The van der Waals surface area contributed by atoms with Gasteiger partial charge < -0.3 is 20.3 Å². The summed E-state index contributed by atoms with van der Waals surface area (Å²) in [4.78, 5) is 38.0. The molecule has 1 aliphatic heterocycles. The molecule has 4 rings (SSSR count). The third-order valence-corrected chi connectivity index (χ3v) is 6.18. The monoisotopic (exact) mass is 447 g/mol. The quantitative estimate of drug-likeness (QED) is 0.598. The van der Waals surface area contributed by atoms with Crippen molar-refractivity contribution in [1.82, 2.24) is 19.8 Å². The van der Waals surface area contributed by atoms with Gasteiger partial charge in [-0.1, -0.05) is 25.1 Å². The molecule has 0 spiro atoms. The molecule has 0 saturated carbocycles. The molecule has 1 aromatic heterocycles. The summed E-state index contributed by atoms with van der Waals surface area (Å²) in [6, 6.07) is 13.1. The Morgan fingerprint density at radius 1 is 1.12 bits per heavy atom. The molecule has 172 valence electrons. The first-order valence-electron chi connectivity index (χ1n) is 11.2. The van der Waals surface area contributed by atoms with E-state index < -0.39 is 6.04 Å². The van der Waals surface area contributed by atoms with Gasteiger partial charge in [0, 0.05) is 31.4 Å². The zero-order chi connectivity index (χ0) is 23.4. The first-order valence-corrected chi connectivity index (χ1v) is 11.2. The molecular formula is C25H29N5O3. The highest BCUT2D eigenvalue weighted by atomic mass is 16.5. The van der Waals surface area contributed by atoms with Crippen LogP contribution in [-0.2, 0) is 22.6 Å². The SMILES string of the molecule is CCC1C(=O)N(Cc2ccc3c(N)ncnc3c2)CCN1C(=O)CCc1ccc(OC)cc1. The molecule has 33 heavy (non-hydrogen) atoms. The summed E-state index contributed by atoms with van der Waals surface area (Å²) in [5, 5.41) is 0.797. The van der Waals surface area contributed by atoms with Crippen molar-refractivity contribution in [3.8, 4) is 5.75 Å². The number of hydrogen-bond acceptors (Lipinski definition) is 6. The number of rotatable bonds is 7. The third kappa shape index (κ3) is 4.89. The van der Waals surface area contributed by atoms with Crippen molar-refractivity contribution in [3.05, 3.63) is 59.9 Å². The standard InChI is InChI=1S/C25H29N5O3/c1-3-22-25(32)29(15-18-6-10-20-21(14-18)27-16-28-24(20)26)12-13-30(22)23(31)11-7-17-4-8-19(33-2)9-5-17/h4-6,8-10,14,16,22H,3,7,11-13,15H2,1-2H3,(H2,26,27,28). The number of aryl methyl sites for hydroxylation is 1. The molecule has 3 aromatic rings. The molecule has 0 bridgehead atoms.